The van der Waals surface area contributed by atoms with Gasteiger partial charge in [-0.3, -0.25) is 14.9 Å². The molecule has 3 aromatic carbocycles. The Balaban J connectivity index is 1.53. The number of ether oxygens (including phenoxy) is 2. The van der Waals surface area contributed by atoms with E-state index in [1.807, 2.05) is 32.0 Å². The molecule has 7 heteroatoms. The van der Waals surface area contributed by atoms with Crippen LogP contribution in [0.1, 0.15) is 16.7 Å². The summed E-state index contributed by atoms with van der Waals surface area (Å²) in [6.45, 7) is 4.08. The molecular formula is C24H19NO6. The second-order valence-electron chi connectivity index (χ2n) is 7.17. The molecule has 0 aliphatic rings. The van der Waals surface area contributed by atoms with Gasteiger partial charge in [0.05, 0.1) is 10.3 Å². The number of hydrogen-bond donors (Lipinski definition) is 0. The van der Waals surface area contributed by atoms with Gasteiger partial charge in [0.1, 0.15) is 30.0 Å². The summed E-state index contributed by atoms with van der Waals surface area (Å²) in [6.07, 6.45) is 1.30. The first kappa shape index (κ1) is 20.2. The highest BCUT2D eigenvalue weighted by atomic mass is 16.6. The minimum Gasteiger partial charge on any atom is -0.489 e. The molecule has 0 atom stereocenters. The maximum atomic E-state index is 12.8. The molecule has 31 heavy (non-hydrogen) atoms. The van der Waals surface area contributed by atoms with Crippen molar-refractivity contribution in [1.29, 1.82) is 0 Å². The van der Waals surface area contributed by atoms with Gasteiger partial charge in [0.15, 0.2) is 0 Å². The lowest BCUT2D eigenvalue weighted by atomic mass is 10.1. The molecule has 0 N–H and O–H groups in total. The van der Waals surface area contributed by atoms with Gasteiger partial charge in [-0.15, -0.1) is 0 Å². The standard InChI is InChI=1S/C24H19NO6/c1-15-3-4-16(2)21(11-15)31-23-14-30-22-12-19(9-10-20(22)24(23)26)29-13-17-5-7-18(8-6-17)25(27)28/h3-12,14H,13H2,1-2H3. The van der Waals surface area contributed by atoms with Gasteiger partial charge in [-0.05, 0) is 60.9 Å². The number of nitro groups is 1. The third-order valence-electron chi connectivity index (χ3n) is 4.83. The van der Waals surface area contributed by atoms with Crippen LogP contribution in [0, 0.1) is 24.0 Å². The van der Waals surface area contributed by atoms with Crippen molar-refractivity contribution in [3.63, 3.8) is 0 Å². The highest BCUT2D eigenvalue weighted by Gasteiger charge is 2.12. The number of fused-ring (bicyclic) bond motifs is 1. The fourth-order valence-electron chi connectivity index (χ4n) is 3.07. The fraction of sp³-hybridized carbons (Fsp3) is 0.125. The lowest BCUT2D eigenvalue weighted by Gasteiger charge is -2.10. The molecule has 0 bridgehead atoms. The normalized spacial score (nSPS) is 10.8. The van der Waals surface area contributed by atoms with Crippen LogP contribution in [0.5, 0.6) is 17.2 Å². The summed E-state index contributed by atoms with van der Waals surface area (Å²) in [6, 6.07) is 16.8. The highest BCUT2D eigenvalue weighted by Crippen LogP contribution is 2.27. The van der Waals surface area contributed by atoms with Gasteiger partial charge in [-0.25, -0.2) is 0 Å². The zero-order valence-corrected chi connectivity index (χ0v) is 17.0. The van der Waals surface area contributed by atoms with Crippen LogP contribution < -0.4 is 14.9 Å². The number of benzene rings is 3. The van der Waals surface area contributed by atoms with Crippen LogP contribution in [-0.4, -0.2) is 4.92 Å². The van der Waals surface area contributed by atoms with Crippen molar-refractivity contribution in [2.45, 2.75) is 20.5 Å². The molecule has 1 heterocycles. The molecule has 0 amide bonds. The average molecular weight is 417 g/mol. The topological polar surface area (TPSA) is 91.8 Å². The van der Waals surface area contributed by atoms with Crippen molar-refractivity contribution in [1.82, 2.24) is 0 Å². The van der Waals surface area contributed by atoms with Crippen molar-refractivity contribution in [2.24, 2.45) is 0 Å². The van der Waals surface area contributed by atoms with Crippen LogP contribution in [0.15, 0.2) is 76.1 Å². The fourth-order valence-corrected chi connectivity index (χ4v) is 3.07. The monoisotopic (exact) mass is 417 g/mol. The Bertz CT molecular complexity index is 1320. The molecule has 1 aromatic heterocycles. The Morgan fingerprint density at radius 3 is 2.48 bits per heavy atom. The summed E-state index contributed by atoms with van der Waals surface area (Å²) in [7, 11) is 0. The number of nitrogens with zero attached hydrogens (tertiary/aromatic N) is 1. The number of non-ortho nitro benzene ring substituents is 1. The van der Waals surface area contributed by atoms with E-state index in [1.165, 1.54) is 18.4 Å². The van der Waals surface area contributed by atoms with E-state index < -0.39 is 4.92 Å². The third kappa shape index (κ3) is 4.40. The zero-order valence-electron chi connectivity index (χ0n) is 17.0. The molecule has 156 valence electrons. The molecule has 0 spiro atoms. The van der Waals surface area contributed by atoms with Gasteiger partial charge < -0.3 is 13.9 Å². The van der Waals surface area contributed by atoms with E-state index in [0.717, 1.165) is 16.7 Å². The molecule has 0 saturated carbocycles. The molecule has 0 radical (unpaired) electrons. The summed E-state index contributed by atoms with van der Waals surface area (Å²) in [5.74, 6) is 1.23. The van der Waals surface area contributed by atoms with Crippen LogP contribution in [0.25, 0.3) is 11.0 Å². The van der Waals surface area contributed by atoms with Gasteiger partial charge in [0.2, 0.25) is 11.2 Å². The van der Waals surface area contributed by atoms with Crippen molar-refractivity contribution in [3.8, 4) is 17.2 Å². The Morgan fingerprint density at radius 1 is 0.968 bits per heavy atom. The summed E-state index contributed by atoms with van der Waals surface area (Å²) < 4.78 is 17.2. The molecule has 7 nitrogen and oxygen atoms in total. The zero-order chi connectivity index (χ0) is 22.0. The highest BCUT2D eigenvalue weighted by molar-refractivity contribution is 5.79. The number of hydrogen-bond acceptors (Lipinski definition) is 6. The SMILES string of the molecule is Cc1ccc(C)c(Oc2coc3cc(OCc4ccc([N+](=O)[O-])cc4)ccc3c2=O)c1. The molecule has 0 aliphatic heterocycles. The van der Waals surface area contributed by atoms with E-state index in [1.54, 1.807) is 30.3 Å². The molecule has 4 aromatic rings. The first-order valence-electron chi connectivity index (χ1n) is 9.57. The van der Waals surface area contributed by atoms with Gasteiger partial charge in [-0.2, -0.15) is 0 Å². The molecule has 0 aliphatic carbocycles. The van der Waals surface area contributed by atoms with Crippen molar-refractivity contribution in [3.05, 3.63) is 104 Å². The Hall–Kier alpha value is -4.13. The second-order valence-corrected chi connectivity index (χ2v) is 7.17. The minimum absolute atomic E-state index is 0.0233. The lowest BCUT2D eigenvalue weighted by Crippen LogP contribution is -2.05. The largest absolute Gasteiger partial charge is 0.489 e. The molecule has 0 fully saturated rings. The molecular weight excluding hydrogens is 398 g/mol. The second kappa shape index (κ2) is 8.31. The van der Waals surface area contributed by atoms with E-state index in [0.29, 0.717) is 22.5 Å². The summed E-state index contributed by atoms with van der Waals surface area (Å²) in [5.41, 5.74) is 2.85. The number of aryl methyl sites for hydroxylation is 2. The maximum absolute atomic E-state index is 12.8. The maximum Gasteiger partial charge on any atom is 0.269 e. The van der Waals surface area contributed by atoms with E-state index in [4.69, 9.17) is 13.9 Å². The first-order valence-corrected chi connectivity index (χ1v) is 9.57. The Labute approximate surface area is 177 Å². The Morgan fingerprint density at radius 2 is 1.74 bits per heavy atom. The van der Waals surface area contributed by atoms with Crippen LogP contribution >= 0.6 is 0 Å². The smallest absolute Gasteiger partial charge is 0.269 e. The van der Waals surface area contributed by atoms with Crippen molar-refractivity contribution < 1.29 is 18.8 Å². The van der Waals surface area contributed by atoms with Gasteiger partial charge >= 0.3 is 0 Å². The summed E-state index contributed by atoms with van der Waals surface area (Å²) in [5, 5.41) is 11.1. The lowest BCUT2D eigenvalue weighted by molar-refractivity contribution is -0.384. The van der Waals surface area contributed by atoms with Gasteiger partial charge in [0.25, 0.3) is 5.69 Å². The van der Waals surface area contributed by atoms with Crippen molar-refractivity contribution in [2.75, 3.05) is 0 Å². The molecule has 0 saturated heterocycles. The van der Waals surface area contributed by atoms with Crippen LogP contribution in [-0.2, 0) is 6.61 Å². The number of rotatable bonds is 6. The van der Waals surface area contributed by atoms with E-state index in [9.17, 15) is 14.9 Å². The minimum atomic E-state index is -0.450. The summed E-state index contributed by atoms with van der Waals surface area (Å²) in [4.78, 5) is 23.1. The predicted octanol–water partition coefficient (Wildman–Crippen LogP) is 5.69. The van der Waals surface area contributed by atoms with Crippen LogP contribution in [0.2, 0.25) is 0 Å². The molecule has 0 unspecified atom stereocenters. The third-order valence-corrected chi connectivity index (χ3v) is 4.83. The van der Waals surface area contributed by atoms with Gasteiger partial charge in [0, 0.05) is 18.2 Å². The predicted molar refractivity (Wildman–Crippen MR) is 116 cm³/mol. The van der Waals surface area contributed by atoms with Gasteiger partial charge in [-0.1, -0.05) is 12.1 Å². The average Bonchev–Trinajstić information content (AvgIpc) is 2.77. The molecule has 4 rings (SSSR count). The quantitative estimate of drug-likeness (QED) is 0.296. The van der Waals surface area contributed by atoms with Crippen LogP contribution in [0.3, 0.4) is 0 Å². The van der Waals surface area contributed by atoms with E-state index in [2.05, 4.69) is 0 Å². The van der Waals surface area contributed by atoms with E-state index in [-0.39, 0.29) is 23.5 Å². The van der Waals surface area contributed by atoms with Crippen LogP contribution in [0.4, 0.5) is 5.69 Å². The number of nitro benzene ring substituents is 1. The summed E-state index contributed by atoms with van der Waals surface area (Å²) >= 11 is 0. The Kier molecular flexibility index (Phi) is 5.41. The van der Waals surface area contributed by atoms with E-state index >= 15 is 0 Å². The first-order chi connectivity index (χ1) is 14.9. The van der Waals surface area contributed by atoms with Crippen molar-refractivity contribution >= 4 is 16.7 Å².